The summed E-state index contributed by atoms with van der Waals surface area (Å²) in [5.74, 6) is 0. The molecule has 1 aromatic heterocycles. The Hall–Kier alpha value is -3.56. The molecule has 0 aliphatic rings. The Kier molecular flexibility index (Phi) is 7.04. The topological polar surface area (TPSA) is 84.9 Å². The molecule has 0 spiro atoms. The summed E-state index contributed by atoms with van der Waals surface area (Å²) in [7, 11) is 0. The standard InChI is InChI=1S/C23H23N5O/c1-18-17-21(28(15-16-29)14-4-12-24)10-11-22(18)27-26-20-8-6-19(7-9-20)23-5-2-3-13-25-23/h2-3,5-11,13,17,29H,4,14-16H2,1H3. The van der Waals surface area contributed by atoms with E-state index in [9.17, 15) is 5.11 Å². The molecule has 0 atom stereocenters. The number of anilines is 1. The van der Waals surface area contributed by atoms with Gasteiger partial charge in [-0.2, -0.15) is 15.5 Å². The van der Waals surface area contributed by atoms with E-state index < -0.39 is 0 Å². The predicted molar refractivity (Wildman–Crippen MR) is 115 cm³/mol. The Morgan fingerprint density at radius 2 is 1.86 bits per heavy atom. The number of pyridine rings is 1. The molecule has 0 fully saturated rings. The van der Waals surface area contributed by atoms with Gasteiger partial charge in [-0.1, -0.05) is 18.2 Å². The van der Waals surface area contributed by atoms with Crippen molar-refractivity contribution in [2.24, 2.45) is 10.2 Å². The first kappa shape index (κ1) is 20.2. The zero-order chi connectivity index (χ0) is 20.5. The average molecular weight is 385 g/mol. The van der Waals surface area contributed by atoms with E-state index in [0.717, 1.165) is 33.9 Å². The van der Waals surface area contributed by atoms with Crippen molar-refractivity contribution >= 4 is 17.1 Å². The van der Waals surface area contributed by atoms with Crippen molar-refractivity contribution in [1.82, 2.24) is 4.98 Å². The molecule has 3 rings (SSSR count). The van der Waals surface area contributed by atoms with Crippen LogP contribution in [0.2, 0.25) is 0 Å². The van der Waals surface area contributed by atoms with Crippen molar-refractivity contribution in [2.75, 3.05) is 24.6 Å². The van der Waals surface area contributed by atoms with E-state index in [2.05, 4.69) is 21.3 Å². The van der Waals surface area contributed by atoms with Crippen LogP contribution in [0.25, 0.3) is 11.3 Å². The van der Waals surface area contributed by atoms with Crippen molar-refractivity contribution in [1.29, 1.82) is 5.26 Å². The molecule has 6 heteroatoms. The van der Waals surface area contributed by atoms with Gasteiger partial charge >= 0.3 is 0 Å². The zero-order valence-electron chi connectivity index (χ0n) is 16.4. The van der Waals surface area contributed by atoms with Crippen LogP contribution in [0.1, 0.15) is 12.0 Å². The van der Waals surface area contributed by atoms with Crippen molar-refractivity contribution < 1.29 is 5.11 Å². The van der Waals surface area contributed by atoms with Crippen molar-refractivity contribution in [3.05, 3.63) is 72.4 Å². The Labute approximate surface area is 170 Å². The second kappa shape index (κ2) is 10.1. The molecule has 0 saturated carbocycles. The van der Waals surface area contributed by atoms with Gasteiger partial charge in [0.25, 0.3) is 0 Å². The fraction of sp³-hybridized carbons (Fsp3) is 0.217. The lowest BCUT2D eigenvalue weighted by Crippen LogP contribution is -2.27. The van der Waals surface area contributed by atoms with Crippen molar-refractivity contribution in [2.45, 2.75) is 13.3 Å². The van der Waals surface area contributed by atoms with Gasteiger partial charge in [0.05, 0.1) is 36.2 Å². The van der Waals surface area contributed by atoms with E-state index in [1.807, 2.05) is 72.5 Å². The molecule has 0 amide bonds. The summed E-state index contributed by atoms with van der Waals surface area (Å²) >= 11 is 0. The first-order valence-corrected chi connectivity index (χ1v) is 9.48. The number of azo groups is 1. The van der Waals surface area contributed by atoms with Gasteiger partial charge in [-0.25, -0.2) is 0 Å². The molecule has 3 aromatic rings. The number of hydrogen-bond donors (Lipinski definition) is 1. The molecular formula is C23H23N5O. The van der Waals surface area contributed by atoms with Gasteiger partial charge < -0.3 is 10.0 Å². The first-order valence-electron chi connectivity index (χ1n) is 9.48. The maximum absolute atomic E-state index is 9.26. The molecule has 29 heavy (non-hydrogen) atoms. The number of aliphatic hydroxyl groups is 1. The van der Waals surface area contributed by atoms with Crippen LogP contribution in [-0.2, 0) is 0 Å². The number of hydrogen-bond acceptors (Lipinski definition) is 6. The molecule has 0 saturated heterocycles. The van der Waals surface area contributed by atoms with E-state index in [4.69, 9.17) is 5.26 Å². The number of nitriles is 1. The fourth-order valence-electron chi connectivity index (χ4n) is 2.97. The van der Waals surface area contributed by atoms with Crippen LogP contribution >= 0.6 is 0 Å². The van der Waals surface area contributed by atoms with Crippen LogP contribution in [0, 0.1) is 18.3 Å². The maximum Gasteiger partial charge on any atom is 0.0887 e. The fourth-order valence-corrected chi connectivity index (χ4v) is 2.97. The zero-order valence-corrected chi connectivity index (χ0v) is 16.4. The van der Waals surface area contributed by atoms with E-state index in [-0.39, 0.29) is 6.61 Å². The minimum Gasteiger partial charge on any atom is -0.395 e. The first-order chi connectivity index (χ1) is 14.2. The number of aryl methyl sites for hydroxylation is 1. The quantitative estimate of drug-likeness (QED) is 0.541. The van der Waals surface area contributed by atoms with Crippen LogP contribution in [0.3, 0.4) is 0 Å². The minimum atomic E-state index is 0.0421. The van der Waals surface area contributed by atoms with Crippen LogP contribution in [0.4, 0.5) is 17.1 Å². The third-order valence-corrected chi connectivity index (χ3v) is 4.51. The molecule has 0 aliphatic heterocycles. The van der Waals surface area contributed by atoms with Crippen molar-refractivity contribution in [3.8, 4) is 17.3 Å². The van der Waals surface area contributed by atoms with Crippen LogP contribution < -0.4 is 4.90 Å². The van der Waals surface area contributed by atoms with Crippen LogP contribution in [-0.4, -0.2) is 29.8 Å². The molecule has 6 nitrogen and oxygen atoms in total. The summed E-state index contributed by atoms with van der Waals surface area (Å²) in [5, 5.41) is 26.8. The Bertz CT molecular complexity index is 994. The average Bonchev–Trinajstić information content (AvgIpc) is 2.77. The number of benzene rings is 2. The lowest BCUT2D eigenvalue weighted by molar-refractivity contribution is 0.302. The van der Waals surface area contributed by atoms with Gasteiger partial charge in [0, 0.05) is 30.5 Å². The molecule has 1 heterocycles. The van der Waals surface area contributed by atoms with Gasteiger partial charge in [0.1, 0.15) is 0 Å². The van der Waals surface area contributed by atoms with Gasteiger partial charge in [0.15, 0.2) is 0 Å². The Balaban J connectivity index is 1.73. The number of aliphatic hydroxyl groups excluding tert-OH is 1. The highest BCUT2D eigenvalue weighted by molar-refractivity contribution is 5.62. The molecule has 1 N–H and O–H groups in total. The summed E-state index contributed by atoms with van der Waals surface area (Å²) in [6.07, 6.45) is 2.19. The lowest BCUT2D eigenvalue weighted by Gasteiger charge is -2.23. The summed E-state index contributed by atoms with van der Waals surface area (Å²) in [5.41, 5.74) is 5.45. The maximum atomic E-state index is 9.26. The molecular weight excluding hydrogens is 362 g/mol. The molecule has 0 radical (unpaired) electrons. The van der Waals surface area contributed by atoms with Gasteiger partial charge in [-0.15, -0.1) is 0 Å². The summed E-state index contributed by atoms with van der Waals surface area (Å²) in [6.45, 7) is 3.09. The molecule has 146 valence electrons. The molecule has 0 aliphatic carbocycles. The normalized spacial score (nSPS) is 10.8. The summed E-state index contributed by atoms with van der Waals surface area (Å²) in [4.78, 5) is 6.34. The van der Waals surface area contributed by atoms with Crippen LogP contribution in [0.5, 0.6) is 0 Å². The Morgan fingerprint density at radius 3 is 2.52 bits per heavy atom. The minimum absolute atomic E-state index is 0.0421. The van der Waals surface area contributed by atoms with Crippen molar-refractivity contribution in [3.63, 3.8) is 0 Å². The second-order valence-corrected chi connectivity index (χ2v) is 6.55. The number of aromatic nitrogens is 1. The summed E-state index contributed by atoms with van der Waals surface area (Å²) < 4.78 is 0. The lowest BCUT2D eigenvalue weighted by atomic mass is 10.1. The highest BCUT2D eigenvalue weighted by Gasteiger charge is 2.08. The van der Waals surface area contributed by atoms with Gasteiger partial charge in [-0.05, 0) is 55.0 Å². The molecule has 0 bridgehead atoms. The summed E-state index contributed by atoms with van der Waals surface area (Å²) in [6, 6.07) is 21.6. The molecule has 0 unspecified atom stereocenters. The smallest absolute Gasteiger partial charge is 0.0887 e. The predicted octanol–water partition coefficient (Wildman–Crippen LogP) is 5.18. The van der Waals surface area contributed by atoms with E-state index >= 15 is 0 Å². The monoisotopic (exact) mass is 385 g/mol. The third kappa shape index (κ3) is 5.47. The van der Waals surface area contributed by atoms with E-state index in [1.165, 1.54) is 0 Å². The van der Waals surface area contributed by atoms with E-state index in [1.54, 1.807) is 6.20 Å². The SMILES string of the molecule is Cc1cc(N(CCO)CCC#N)ccc1N=Nc1ccc(-c2ccccn2)cc1. The van der Waals surface area contributed by atoms with Gasteiger partial charge in [-0.3, -0.25) is 4.98 Å². The highest BCUT2D eigenvalue weighted by atomic mass is 16.3. The van der Waals surface area contributed by atoms with Crippen LogP contribution in [0.15, 0.2) is 77.1 Å². The third-order valence-electron chi connectivity index (χ3n) is 4.51. The largest absolute Gasteiger partial charge is 0.395 e. The number of rotatable bonds is 8. The van der Waals surface area contributed by atoms with E-state index in [0.29, 0.717) is 19.5 Å². The molecule has 2 aromatic carbocycles. The Morgan fingerprint density at radius 1 is 1.03 bits per heavy atom. The number of nitrogens with zero attached hydrogens (tertiary/aromatic N) is 5. The second-order valence-electron chi connectivity index (χ2n) is 6.55. The highest BCUT2D eigenvalue weighted by Crippen LogP contribution is 2.27. The van der Waals surface area contributed by atoms with Gasteiger partial charge in [0.2, 0.25) is 0 Å².